The van der Waals surface area contributed by atoms with Gasteiger partial charge in [-0.3, -0.25) is 14.5 Å². The molecule has 0 saturated carbocycles. The number of carbonyl (C=O) groups excluding carboxylic acids is 1. The van der Waals surface area contributed by atoms with Gasteiger partial charge in [-0.1, -0.05) is 6.07 Å². The molecule has 4 rings (SSSR count). The molecule has 0 spiro atoms. The van der Waals surface area contributed by atoms with Gasteiger partial charge in [-0.25, -0.2) is 4.98 Å². The highest BCUT2D eigenvalue weighted by molar-refractivity contribution is 5.96. The van der Waals surface area contributed by atoms with Gasteiger partial charge in [0.05, 0.1) is 5.69 Å². The summed E-state index contributed by atoms with van der Waals surface area (Å²) in [4.78, 5) is 23.0. The number of amides is 1. The van der Waals surface area contributed by atoms with Crippen LogP contribution in [0.15, 0.2) is 42.9 Å². The van der Waals surface area contributed by atoms with Gasteiger partial charge in [-0.2, -0.15) is 5.10 Å². The monoisotopic (exact) mass is 348 g/mol. The number of pyridine rings is 2. The zero-order valence-corrected chi connectivity index (χ0v) is 15.0. The lowest BCUT2D eigenvalue weighted by Crippen LogP contribution is -2.24. The van der Waals surface area contributed by atoms with Crippen LogP contribution in [0.5, 0.6) is 0 Å². The van der Waals surface area contributed by atoms with Gasteiger partial charge >= 0.3 is 0 Å². The Morgan fingerprint density at radius 1 is 1.23 bits per heavy atom. The highest BCUT2D eigenvalue weighted by Crippen LogP contribution is 2.42. The van der Waals surface area contributed by atoms with E-state index in [-0.39, 0.29) is 11.8 Å². The van der Waals surface area contributed by atoms with Gasteiger partial charge in [0.2, 0.25) is 5.91 Å². The van der Waals surface area contributed by atoms with Crippen LogP contribution in [0.2, 0.25) is 0 Å². The highest BCUT2D eigenvalue weighted by atomic mass is 16.1. The molecule has 1 atom stereocenters. The third-order valence-electron chi connectivity index (χ3n) is 4.65. The van der Waals surface area contributed by atoms with Gasteiger partial charge in [-0.05, 0) is 23.8 Å². The van der Waals surface area contributed by atoms with E-state index in [0.717, 1.165) is 34.0 Å². The summed E-state index contributed by atoms with van der Waals surface area (Å²) in [6.07, 6.45) is 5.75. The number of carbonyl (C=O) groups is 1. The standard InChI is InChI=1S/C19H20N6O/c1-24(2)15-7-6-12(11-21-15)14-9-16(26)22-19-17(14)18(23-25(19)3)13-5-4-8-20-10-13/h4-8,10-11,14H,9H2,1-3H3,(H,22,26). The maximum absolute atomic E-state index is 12.3. The van der Waals surface area contributed by atoms with Crippen LogP contribution in [0.3, 0.4) is 0 Å². The van der Waals surface area contributed by atoms with Crippen LogP contribution < -0.4 is 10.2 Å². The summed E-state index contributed by atoms with van der Waals surface area (Å²) in [5.74, 6) is 1.51. The van der Waals surface area contributed by atoms with Gasteiger partial charge in [0.1, 0.15) is 11.6 Å². The Balaban J connectivity index is 1.85. The fraction of sp³-hybridized carbons (Fsp3) is 0.263. The van der Waals surface area contributed by atoms with Crippen LogP contribution in [-0.2, 0) is 11.8 Å². The summed E-state index contributed by atoms with van der Waals surface area (Å²) in [6, 6.07) is 7.88. The number of hydrogen-bond donors (Lipinski definition) is 1. The van der Waals surface area contributed by atoms with E-state index in [0.29, 0.717) is 6.42 Å². The Kier molecular flexibility index (Phi) is 3.91. The topological polar surface area (TPSA) is 75.9 Å². The van der Waals surface area contributed by atoms with E-state index < -0.39 is 0 Å². The van der Waals surface area contributed by atoms with E-state index in [9.17, 15) is 4.79 Å². The lowest BCUT2D eigenvalue weighted by Gasteiger charge is -2.24. The minimum Gasteiger partial charge on any atom is -0.363 e. The average Bonchev–Trinajstić information content (AvgIpc) is 2.98. The number of nitrogens with one attached hydrogen (secondary N) is 1. The first-order valence-electron chi connectivity index (χ1n) is 8.45. The van der Waals surface area contributed by atoms with E-state index in [4.69, 9.17) is 0 Å². The minimum absolute atomic E-state index is 0.0140. The number of hydrogen-bond acceptors (Lipinski definition) is 5. The molecule has 0 aliphatic carbocycles. The van der Waals surface area contributed by atoms with Crippen molar-refractivity contribution >= 4 is 17.5 Å². The summed E-state index contributed by atoms with van der Waals surface area (Å²) in [5, 5.41) is 7.61. The zero-order chi connectivity index (χ0) is 18.3. The van der Waals surface area contributed by atoms with Crippen LogP contribution in [0.1, 0.15) is 23.5 Å². The zero-order valence-electron chi connectivity index (χ0n) is 15.0. The highest BCUT2D eigenvalue weighted by Gasteiger charge is 2.33. The number of aryl methyl sites for hydroxylation is 1. The molecule has 1 unspecified atom stereocenters. The third-order valence-corrected chi connectivity index (χ3v) is 4.65. The predicted molar refractivity (Wildman–Crippen MR) is 100 cm³/mol. The van der Waals surface area contributed by atoms with Gasteiger partial charge in [0, 0.05) is 63.2 Å². The molecule has 1 N–H and O–H groups in total. The second-order valence-electron chi connectivity index (χ2n) is 6.63. The van der Waals surface area contributed by atoms with Crippen molar-refractivity contribution < 1.29 is 4.79 Å². The fourth-order valence-electron chi connectivity index (χ4n) is 3.36. The third kappa shape index (κ3) is 2.71. The molecular weight excluding hydrogens is 328 g/mol. The van der Waals surface area contributed by atoms with Gasteiger partial charge in [0.15, 0.2) is 0 Å². The summed E-state index contributed by atoms with van der Waals surface area (Å²) in [6.45, 7) is 0. The molecule has 1 aliphatic rings. The van der Waals surface area contributed by atoms with Crippen molar-refractivity contribution in [2.24, 2.45) is 7.05 Å². The molecule has 7 heteroatoms. The lowest BCUT2D eigenvalue weighted by molar-refractivity contribution is -0.116. The average molecular weight is 348 g/mol. The second kappa shape index (κ2) is 6.25. The number of nitrogens with zero attached hydrogens (tertiary/aromatic N) is 5. The van der Waals surface area contributed by atoms with Crippen LogP contribution in [-0.4, -0.2) is 39.8 Å². The van der Waals surface area contributed by atoms with Gasteiger partial charge in [0.25, 0.3) is 0 Å². The number of aromatic nitrogens is 4. The van der Waals surface area contributed by atoms with Crippen molar-refractivity contribution in [3.05, 3.63) is 54.0 Å². The molecule has 1 amide bonds. The van der Waals surface area contributed by atoms with Crippen molar-refractivity contribution in [3.8, 4) is 11.3 Å². The summed E-state index contributed by atoms with van der Waals surface area (Å²) < 4.78 is 1.73. The Morgan fingerprint density at radius 2 is 2.08 bits per heavy atom. The van der Waals surface area contributed by atoms with Gasteiger partial charge < -0.3 is 10.2 Å². The van der Waals surface area contributed by atoms with Crippen molar-refractivity contribution in [3.63, 3.8) is 0 Å². The number of anilines is 2. The quantitative estimate of drug-likeness (QED) is 0.787. The Labute approximate surface area is 151 Å². The van der Waals surface area contributed by atoms with Crippen LogP contribution in [0, 0.1) is 0 Å². The molecule has 1 aliphatic heterocycles. The summed E-state index contributed by atoms with van der Waals surface area (Å²) in [7, 11) is 5.75. The fourth-order valence-corrected chi connectivity index (χ4v) is 3.36. The molecule has 0 bridgehead atoms. The predicted octanol–water partition coefficient (Wildman–Crippen LogP) is 2.42. The molecule has 4 heterocycles. The van der Waals surface area contributed by atoms with Crippen LogP contribution >= 0.6 is 0 Å². The molecule has 0 aromatic carbocycles. The molecule has 3 aromatic rings. The van der Waals surface area contributed by atoms with E-state index in [1.165, 1.54) is 0 Å². The van der Waals surface area contributed by atoms with Crippen molar-refractivity contribution in [1.29, 1.82) is 0 Å². The van der Waals surface area contributed by atoms with Crippen molar-refractivity contribution in [2.45, 2.75) is 12.3 Å². The van der Waals surface area contributed by atoms with E-state index in [2.05, 4.69) is 20.4 Å². The molecule has 7 nitrogen and oxygen atoms in total. The van der Waals surface area contributed by atoms with E-state index >= 15 is 0 Å². The first-order chi connectivity index (χ1) is 12.5. The smallest absolute Gasteiger partial charge is 0.226 e. The molecule has 132 valence electrons. The van der Waals surface area contributed by atoms with Crippen LogP contribution in [0.25, 0.3) is 11.3 Å². The molecule has 0 saturated heterocycles. The minimum atomic E-state index is -0.0913. The van der Waals surface area contributed by atoms with Crippen molar-refractivity contribution in [2.75, 3.05) is 24.3 Å². The number of fused-ring (bicyclic) bond motifs is 1. The van der Waals surface area contributed by atoms with E-state index in [1.807, 2.05) is 56.5 Å². The normalized spacial score (nSPS) is 16.1. The van der Waals surface area contributed by atoms with Crippen molar-refractivity contribution in [1.82, 2.24) is 19.7 Å². The molecule has 26 heavy (non-hydrogen) atoms. The number of rotatable bonds is 3. The molecule has 0 fully saturated rings. The Morgan fingerprint density at radius 3 is 2.73 bits per heavy atom. The first kappa shape index (κ1) is 16.3. The van der Waals surface area contributed by atoms with E-state index in [1.54, 1.807) is 17.1 Å². The second-order valence-corrected chi connectivity index (χ2v) is 6.63. The molecular formula is C19H20N6O. The SMILES string of the molecule is CN(C)c1ccc(C2CC(=O)Nc3c2c(-c2cccnc2)nn3C)cn1. The molecule has 0 radical (unpaired) electrons. The Hall–Kier alpha value is -3.22. The van der Waals surface area contributed by atoms with Gasteiger partial charge in [-0.15, -0.1) is 0 Å². The summed E-state index contributed by atoms with van der Waals surface area (Å²) in [5.41, 5.74) is 3.80. The first-order valence-corrected chi connectivity index (χ1v) is 8.45. The maximum Gasteiger partial charge on any atom is 0.226 e. The lowest BCUT2D eigenvalue weighted by atomic mass is 9.85. The Bertz CT molecular complexity index is 946. The maximum atomic E-state index is 12.3. The van der Waals surface area contributed by atoms with Crippen LogP contribution in [0.4, 0.5) is 11.6 Å². The summed E-state index contributed by atoms with van der Waals surface area (Å²) >= 11 is 0. The largest absolute Gasteiger partial charge is 0.363 e. The molecule has 3 aromatic heterocycles.